The van der Waals surface area contributed by atoms with Gasteiger partial charge < -0.3 is 20.1 Å². The molecule has 3 heterocycles. The third kappa shape index (κ3) is 5.74. The minimum Gasteiger partial charge on any atom is -0.395 e. The maximum absolute atomic E-state index is 14.1. The van der Waals surface area contributed by atoms with Crippen LogP contribution in [0.5, 0.6) is 0 Å². The molecular weight excluding hydrogens is 609 g/mol. The number of aromatic nitrogens is 5. The van der Waals surface area contributed by atoms with E-state index in [1.807, 2.05) is 0 Å². The van der Waals surface area contributed by atoms with E-state index in [0.717, 1.165) is 12.1 Å². The number of nitrogens with zero attached hydrogens (tertiary/aromatic N) is 5. The SMILES string of the molecule is CO[C@H]1C[SH]([C@H](c2nccnc2Cl)C2(O)CCC(F)(F)CC2)[C@H](CO)[C@H](O)[C@@H]1n1cc(-c2cc(F)c(F)c(F)c2)nn1. The molecule has 0 radical (unpaired) electrons. The Morgan fingerprint density at radius 1 is 1.12 bits per heavy atom. The first-order chi connectivity index (χ1) is 19.9. The van der Waals surface area contributed by atoms with E-state index in [0.29, 0.717) is 0 Å². The van der Waals surface area contributed by atoms with E-state index in [4.69, 9.17) is 16.3 Å². The summed E-state index contributed by atoms with van der Waals surface area (Å²) in [4.78, 5) is 8.41. The summed E-state index contributed by atoms with van der Waals surface area (Å²) < 4.78 is 76.4. The lowest BCUT2D eigenvalue weighted by Crippen LogP contribution is -2.54. The summed E-state index contributed by atoms with van der Waals surface area (Å²) in [6, 6.07) is 0.569. The number of aliphatic hydroxyl groups excluding tert-OH is 2. The minimum absolute atomic E-state index is 0.00935. The number of thiol groups is 1. The Hall–Kier alpha value is -2.43. The van der Waals surface area contributed by atoms with Crippen molar-refractivity contribution >= 4 is 22.5 Å². The summed E-state index contributed by atoms with van der Waals surface area (Å²) in [5.74, 6) is -7.24. The quantitative estimate of drug-likeness (QED) is 0.175. The van der Waals surface area contributed by atoms with E-state index in [1.54, 1.807) is 0 Å². The van der Waals surface area contributed by atoms with E-state index in [9.17, 15) is 37.3 Å². The first kappa shape index (κ1) is 31.0. The minimum atomic E-state index is -2.94. The molecule has 2 aromatic heterocycles. The van der Waals surface area contributed by atoms with Gasteiger partial charge in [-0.15, -0.1) is 5.10 Å². The van der Waals surface area contributed by atoms with Crippen LogP contribution in [0.1, 0.15) is 42.7 Å². The van der Waals surface area contributed by atoms with Gasteiger partial charge in [-0.25, -0.2) is 42.5 Å². The van der Waals surface area contributed by atoms with Crippen LogP contribution in [0.2, 0.25) is 5.15 Å². The summed E-state index contributed by atoms with van der Waals surface area (Å²) in [5.41, 5.74) is -1.60. The number of hydrogen-bond acceptors (Lipinski definition) is 8. The predicted octanol–water partition coefficient (Wildman–Crippen LogP) is 3.78. The zero-order valence-electron chi connectivity index (χ0n) is 22.2. The van der Waals surface area contributed by atoms with Gasteiger partial charge in [0.25, 0.3) is 0 Å². The van der Waals surface area contributed by atoms with Crippen LogP contribution in [0.25, 0.3) is 11.3 Å². The first-order valence-corrected chi connectivity index (χ1v) is 15.1. The van der Waals surface area contributed by atoms with Gasteiger partial charge in [0.2, 0.25) is 5.92 Å². The second-order valence-electron chi connectivity index (χ2n) is 10.6. The van der Waals surface area contributed by atoms with Crippen LogP contribution in [-0.4, -0.2) is 88.7 Å². The molecule has 230 valence electrons. The molecule has 5 rings (SSSR count). The maximum Gasteiger partial charge on any atom is 0.248 e. The van der Waals surface area contributed by atoms with E-state index in [1.165, 1.54) is 30.4 Å². The fourth-order valence-electron chi connectivity index (χ4n) is 5.96. The predicted molar refractivity (Wildman–Crippen MR) is 144 cm³/mol. The third-order valence-electron chi connectivity index (χ3n) is 8.15. The summed E-state index contributed by atoms with van der Waals surface area (Å²) >= 11 is 6.41. The zero-order chi connectivity index (χ0) is 30.4. The summed E-state index contributed by atoms with van der Waals surface area (Å²) in [6.45, 7) is -0.545. The van der Waals surface area contributed by atoms with Gasteiger partial charge in [0.1, 0.15) is 11.7 Å². The molecule has 1 aromatic carbocycles. The molecule has 2 aliphatic rings. The van der Waals surface area contributed by atoms with Crippen LogP contribution >= 0.6 is 22.5 Å². The molecule has 1 saturated heterocycles. The van der Waals surface area contributed by atoms with Crippen molar-refractivity contribution < 1.29 is 42.0 Å². The Labute approximate surface area is 245 Å². The number of halogens is 6. The molecule has 9 nitrogen and oxygen atoms in total. The summed E-state index contributed by atoms with van der Waals surface area (Å²) in [7, 11) is -0.265. The molecule has 16 heteroatoms. The second-order valence-corrected chi connectivity index (χ2v) is 13.6. The molecule has 1 aliphatic carbocycles. The Kier molecular flexibility index (Phi) is 8.80. The van der Waals surface area contributed by atoms with Crippen molar-refractivity contribution in [3.63, 3.8) is 0 Å². The summed E-state index contributed by atoms with van der Waals surface area (Å²) in [5, 5.41) is 40.1. The molecular formula is C26H29ClF5N5O4S. The van der Waals surface area contributed by atoms with Crippen LogP contribution in [-0.2, 0) is 4.74 Å². The molecule has 6 atom stereocenters. The highest BCUT2D eigenvalue weighted by atomic mass is 35.5. The highest BCUT2D eigenvalue weighted by Gasteiger charge is 2.55. The Bertz CT molecular complexity index is 1400. The Morgan fingerprint density at radius 3 is 2.36 bits per heavy atom. The van der Waals surface area contributed by atoms with Crippen LogP contribution < -0.4 is 0 Å². The molecule has 1 saturated carbocycles. The number of aliphatic hydroxyl groups is 3. The highest BCUT2D eigenvalue weighted by molar-refractivity contribution is 8.18. The van der Waals surface area contributed by atoms with Gasteiger partial charge in [-0.05, 0) is 25.0 Å². The fraction of sp³-hybridized carbons (Fsp3) is 0.538. The molecule has 0 amide bonds. The Balaban J connectivity index is 1.52. The van der Waals surface area contributed by atoms with Crippen molar-refractivity contribution in [2.24, 2.45) is 0 Å². The molecule has 42 heavy (non-hydrogen) atoms. The molecule has 2 fully saturated rings. The van der Waals surface area contributed by atoms with Crippen LogP contribution in [0.4, 0.5) is 22.0 Å². The van der Waals surface area contributed by atoms with Gasteiger partial charge >= 0.3 is 0 Å². The standard InChI is InChI=1S/C26H29ClF5N5O4S/c1-41-17-12-42(23(20-24(27)34-7-6-33-20)25(40)2-4-26(31,32)5-3-25)18(11-38)22(39)21(17)37-10-16(35-36-37)13-8-14(28)19(30)15(29)9-13/h6-10,17-18,21-23,38-40,42H,2-5,11-12H2,1H3/t17-,18+,21+,22-,23+/m0/s1. The van der Waals surface area contributed by atoms with Crippen molar-refractivity contribution in [3.05, 3.63) is 59.0 Å². The molecule has 0 bridgehead atoms. The second kappa shape index (κ2) is 11.9. The normalized spacial score (nSPS) is 28.9. The average Bonchev–Trinajstić information content (AvgIpc) is 3.44. The molecule has 1 unspecified atom stereocenters. The van der Waals surface area contributed by atoms with Gasteiger partial charge in [-0.2, -0.15) is 0 Å². The Morgan fingerprint density at radius 2 is 1.76 bits per heavy atom. The molecule has 0 spiro atoms. The number of methoxy groups -OCH3 is 1. The molecule has 3 aromatic rings. The van der Waals surface area contributed by atoms with Gasteiger partial charge in [0.15, 0.2) is 22.6 Å². The molecule has 1 aliphatic heterocycles. The van der Waals surface area contributed by atoms with Crippen molar-refractivity contribution in [3.8, 4) is 11.3 Å². The van der Waals surface area contributed by atoms with Crippen molar-refractivity contribution in [1.29, 1.82) is 0 Å². The number of rotatable bonds is 7. The maximum atomic E-state index is 14.1. The van der Waals surface area contributed by atoms with E-state index >= 15 is 0 Å². The lowest BCUT2D eigenvalue weighted by molar-refractivity contribution is -0.105. The third-order valence-corrected chi connectivity index (χ3v) is 11.9. The van der Waals surface area contributed by atoms with Gasteiger partial charge in [-0.3, -0.25) is 4.98 Å². The first-order valence-electron chi connectivity index (χ1n) is 13.1. The highest BCUT2D eigenvalue weighted by Crippen LogP contribution is 2.61. The lowest BCUT2D eigenvalue weighted by atomic mass is 9.79. The lowest BCUT2D eigenvalue weighted by Gasteiger charge is -2.53. The largest absolute Gasteiger partial charge is 0.395 e. The number of ether oxygens (including phenoxy) is 1. The van der Waals surface area contributed by atoms with Crippen molar-refractivity contribution in [2.45, 2.75) is 66.0 Å². The number of alkyl halides is 2. The average molecular weight is 638 g/mol. The van der Waals surface area contributed by atoms with E-state index < -0.39 is 88.1 Å². The van der Waals surface area contributed by atoms with Gasteiger partial charge in [0, 0.05) is 48.9 Å². The van der Waals surface area contributed by atoms with Gasteiger partial charge in [0.05, 0.1) is 41.6 Å². The van der Waals surface area contributed by atoms with E-state index in [-0.39, 0.29) is 40.7 Å². The summed E-state index contributed by atoms with van der Waals surface area (Å²) in [6.07, 6.45) is 0.232. The topological polar surface area (TPSA) is 126 Å². The monoisotopic (exact) mass is 637 g/mol. The van der Waals surface area contributed by atoms with Crippen LogP contribution in [0.3, 0.4) is 0 Å². The van der Waals surface area contributed by atoms with Crippen LogP contribution in [0.15, 0.2) is 30.7 Å². The van der Waals surface area contributed by atoms with Crippen molar-refractivity contribution in [2.75, 3.05) is 19.5 Å². The smallest absolute Gasteiger partial charge is 0.248 e. The zero-order valence-corrected chi connectivity index (χ0v) is 23.9. The van der Waals surface area contributed by atoms with E-state index in [2.05, 4.69) is 20.3 Å². The van der Waals surface area contributed by atoms with Crippen molar-refractivity contribution in [1.82, 2.24) is 25.0 Å². The number of hydrogen-bond donors (Lipinski definition) is 4. The van der Waals surface area contributed by atoms with Crippen LogP contribution in [0, 0.1) is 17.5 Å². The molecule has 3 N–H and O–H groups in total. The van der Waals surface area contributed by atoms with Gasteiger partial charge in [-0.1, -0.05) is 16.8 Å². The number of benzene rings is 1. The fourth-order valence-corrected chi connectivity index (χ4v) is 10.1.